The molecule has 8 nitrogen and oxygen atoms in total. The van der Waals surface area contributed by atoms with Gasteiger partial charge in [-0.15, -0.1) is 0 Å². The van der Waals surface area contributed by atoms with Crippen LogP contribution in [0.3, 0.4) is 0 Å². The maximum absolute atomic E-state index is 14.4. The van der Waals surface area contributed by atoms with Crippen molar-refractivity contribution in [3.63, 3.8) is 0 Å². The third-order valence-electron chi connectivity index (χ3n) is 7.61. The quantitative estimate of drug-likeness (QED) is 0.437. The number of rotatable bonds is 6. The number of hydrogen-bond acceptors (Lipinski definition) is 7. The minimum atomic E-state index is -2.80. The van der Waals surface area contributed by atoms with Gasteiger partial charge >= 0.3 is 0 Å². The Hall–Kier alpha value is -3.42. The minimum Gasteiger partial charge on any atom is -0.487 e. The molecule has 0 bridgehead atoms. The minimum absolute atomic E-state index is 0.0675. The monoisotopic (exact) mass is 557 g/mol. The van der Waals surface area contributed by atoms with Crippen LogP contribution in [0.5, 0.6) is 5.75 Å². The van der Waals surface area contributed by atoms with E-state index < -0.39 is 17.8 Å². The molecule has 1 aromatic carbocycles. The number of hydrogen-bond donors (Lipinski definition) is 1. The van der Waals surface area contributed by atoms with Crippen LogP contribution in [0.15, 0.2) is 35.1 Å². The zero-order valence-electron chi connectivity index (χ0n) is 22.2. The van der Waals surface area contributed by atoms with Gasteiger partial charge in [-0.25, -0.2) is 13.8 Å². The van der Waals surface area contributed by atoms with Crippen LogP contribution in [-0.2, 0) is 11.8 Å². The van der Waals surface area contributed by atoms with Crippen molar-refractivity contribution in [1.82, 2.24) is 9.55 Å². The second-order valence-electron chi connectivity index (χ2n) is 11.0. The normalized spacial score (nSPS) is 21.7. The SMILES string of the molecule is C[C@@H]1CN(c2nc(Nc3ccc4c(c3)cc(OCC3(C)COC3)c(=O)n4C)c(Cl)cc2C#N)C[C@H](C)C1(F)F. The average molecular weight is 558 g/mol. The van der Waals surface area contributed by atoms with Gasteiger partial charge in [-0.2, -0.15) is 5.26 Å². The van der Waals surface area contributed by atoms with Gasteiger partial charge in [-0.05, 0) is 30.3 Å². The van der Waals surface area contributed by atoms with E-state index in [9.17, 15) is 18.8 Å². The molecule has 0 amide bonds. The zero-order valence-corrected chi connectivity index (χ0v) is 23.0. The van der Waals surface area contributed by atoms with Crippen LogP contribution < -0.4 is 20.5 Å². The molecule has 2 aliphatic heterocycles. The number of aromatic nitrogens is 2. The topological polar surface area (TPSA) is 92.4 Å². The molecule has 2 saturated heterocycles. The van der Waals surface area contributed by atoms with Crippen molar-refractivity contribution < 1.29 is 18.3 Å². The van der Waals surface area contributed by atoms with Gasteiger partial charge in [0.1, 0.15) is 11.9 Å². The molecule has 3 aromatic rings. The van der Waals surface area contributed by atoms with E-state index in [-0.39, 0.29) is 40.4 Å². The third kappa shape index (κ3) is 5.01. The summed E-state index contributed by atoms with van der Waals surface area (Å²) in [5.74, 6) is -3.74. The number of piperidine rings is 1. The number of anilines is 3. The van der Waals surface area contributed by atoms with Crippen molar-refractivity contribution in [1.29, 1.82) is 5.26 Å². The third-order valence-corrected chi connectivity index (χ3v) is 7.90. The lowest BCUT2D eigenvalue weighted by atomic mass is 9.87. The van der Waals surface area contributed by atoms with Gasteiger partial charge in [0.15, 0.2) is 11.6 Å². The van der Waals surface area contributed by atoms with Crippen LogP contribution >= 0.6 is 11.6 Å². The Balaban J connectivity index is 1.45. The fraction of sp³-hybridized carbons (Fsp3) is 0.464. The summed E-state index contributed by atoms with van der Waals surface area (Å²) in [6.07, 6.45) is 0. The van der Waals surface area contributed by atoms with Crippen molar-refractivity contribution in [3.8, 4) is 11.8 Å². The summed E-state index contributed by atoms with van der Waals surface area (Å²) in [4.78, 5) is 19.2. The van der Waals surface area contributed by atoms with Gasteiger partial charge in [0.25, 0.3) is 11.5 Å². The Morgan fingerprint density at radius 1 is 1.23 bits per heavy atom. The van der Waals surface area contributed by atoms with E-state index in [0.29, 0.717) is 42.7 Å². The number of alkyl halides is 2. The Morgan fingerprint density at radius 3 is 2.54 bits per heavy atom. The molecule has 2 aliphatic rings. The van der Waals surface area contributed by atoms with Crippen molar-refractivity contribution in [2.24, 2.45) is 24.3 Å². The molecule has 0 aliphatic carbocycles. The second-order valence-corrected chi connectivity index (χ2v) is 11.5. The number of aryl methyl sites for hydroxylation is 1. The van der Waals surface area contributed by atoms with E-state index in [4.69, 9.17) is 21.1 Å². The van der Waals surface area contributed by atoms with Crippen molar-refractivity contribution in [3.05, 3.63) is 51.3 Å². The van der Waals surface area contributed by atoms with Gasteiger partial charge in [0, 0.05) is 48.5 Å². The summed E-state index contributed by atoms with van der Waals surface area (Å²) >= 11 is 6.47. The zero-order chi connectivity index (χ0) is 28.1. The fourth-order valence-electron chi connectivity index (χ4n) is 5.08. The standard InChI is InChI=1S/C28H30ClF2N5O3/c1-16-11-36(12-17(2)28(16,30)31)25-19(10-32)8-21(29)24(34-25)33-20-5-6-22-18(7-20)9-23(26(37)35(22)4)39-15-27(3)13-38-14-27/h5-9,16-17H,11-15H2,1-4H3,(H,33,34)/t16-,17+. The summed E-state index contributed by atoms with van der Waals surface area (Å²) in [7, 11) is 1.69. The Bertz CT molecular complexity index is 1520. The van der Waals surface area contributed by atoms with Crippen LogP contribution in [0.1, 0.15) is 26.3 Å². The van der Waals surface area contributed by atoms with Gasteiger partial charge in [-0.1, -0.05) is 32.4 Å². The molecule has 39 heavy (non-hydrogen) atoms. The predicted octanol–water partition coefficient (Wildman–Crippen LogP) is 5.34. The number of nitrogens with one attached hydrogen (secondary N) is 1. The number of halogens is 3. The first-order valence-electron chi connectivity index (χ1n) is 12.8. The Morgan fingerprint density at radius 2 is 1.92 bits per heavy atom. The summed E-state index contributed by atoms with van der Waals surface area (Å²) < 4.78 is 41.6. The van der Waals surface area contributed by atoms with Crippen LogP contribution in [0.2, 0.25) is 5.02 Å². The highest BCUT2D eigenvalue weighted by Crippen LogP contribution is 2.40. The van der Waals surface area contributed by atoms with E-state index >= 15 is 0 Å². The lowest BCUT2D eigenvalue weighted by molar-refractivity contribution is -0.120. The molecule has 1 N–H and O–H groups in total. The molecule has 4 heterocycles. The summed E-state index contributed by atoms with van der Waals surface area (Å²) in [5, 5.41) is 13.9. The number of nitriles is 1. The molecule has 2 aromatic heterocycles. The Labute approximate surface area is 230 Å². The number of pyridine rings is 2. The summed E-state index contributed by atoms with van der Waals surface area (Å²) in [6.45, 7) is 6.74. The maximum Gasteiger partial charge on any atom is 0.293 e. The average Bonchev–Trinajstić information content (AvgIpc) is 2.88. The van der Waals surface area contributed by atoms with Crippen LogP contribution in [0, 0.1) is 28.6 Å². The van der Waals surface area contributed by atoms with E-state index in [2.05, 4.69) is 16.4 Å². The number of ether oxygens (including phenoxy) is 2. The fourth-order valence-corrected chi connectivity index (χ4v) is 5.28. The van der Waals surface area contributed by atoms with Gasteiger partial charge in [-0.3, -0.25) is 4.79 Å². The highest BCUT2D eigenvalue weighted by Gasteiger charge is 2.47. The van der Waals surface area contributed by atoms with Gasteiger partial charge in [0.05, 0.1) is 35.9 Å². The smallest absolute Gasteiger partial charge is 0.293 e. The maximum atomic E-state index is 14.4. The molecule has 0 saturated carbocycles. The van der Waals surface area contributed by atoms with Crippen LogP contribution in [-0.4, -0.2) is 48.4 Å². The number of fused-ring (bicyclic) bond motifs is 1. The summed E-state index contributed by atoms with van der Waals surface area (Å²) in [5.41, 5.74) is 1.23. The second kappa shape index (κ2) is 9.96. The first-order valence-corrected chi connectivity index (χ1v) is 13.1. The van der Waals surface area contributed by atoms with Crippen LogP contribution in [0.4, 0.5) is 26.1 Å². The van der Waals surface area contributed by atoms with Gasteiger partial charge in [0.2, 0.25) is 0 Å². The lowest BCUT2D eigenvalue weighted by Gasteiger charge is -2.42. The van der Waals surface area contributed by atoms with E-state index in [1.165, 1.54) is 24.5 Å². The molecule has 0 spiro atoms. The van der Waals surface area contributed by atoms with Crippen molar-refractivity contribution in [2.75, 3.05) is 43.1 Å². The number of benzene rings is 1. The molecule has 0 radical (unpaired) electrons. The number of nitrogens with zero attached hydrogens (tertiary/aromatic N) is 4. The Kier molecular flexibility index (Phi) is 6.93. The van der Waals surface area contributed by atoms with Crippen LogP contribution in [0.25, 0.3) is 10.9 Å². The first-order chi connectivity index (χ1) is 18.4. The molecule has 11 heteroatoms. The largest absolute Gasteiger partial charge is 0.487 e. The highest BCUT2D eigenvalue weighted by molar-refractivity contribution is 6.33. The van der Waals surface area contributed by atoms with Gasteiger partial charge < -0.3 is 24.3 Å². The van der Waals surface area contributed by atoms with Crippen molar-refractivity contribution >= 4 is 39.8 Å². The predicted molar refractivity (Wildman–Crippen MR) is 146 cm³/mol. The molecule has 2 atom stereocenters. The molecular formula is C28H30ClF2N5O3. The molecule has 0 unspecified atom stereocenters. The molecular weight excluding hydrogens is 528 g/mol. The van der Waals surface area contributed by atoms with E-state index in [1.54, 1.807) is 30.1 Å². The van der Waals surface area contributed by atoms with Crippen molar-refractivity contribution in [2.45, 2.75) is 26.7 Å². The summed E-state index contributed by atoms with van der Waals surface area (Å²) in [6, 6.07) is 10.7. The van der Waals surface area contributed by atoms with E-state index in [0.717, 1.165) is 5.39 Å². The first kappa shape index (κ1) is 27.2. The highest BCUT2D eigenvalue weighted by atomic mass is 35.5. The van der Waals surface area contributed by atoms with E-state index in [1.807, 2.05) is 13.0 Å². The molecule has 5 rings (SSSR count). The molecule has 2 fully saturated rings. The lowest BCUT2D eigenvalue weighted by Crippen LogP contribution is -2.52. The molecule has 206 valence electrons.